The summed E-state index contributed by atoms with van der Waals surface area (Å²) in [4.78, 5) is 23.1. The molecule has 1 saturated carbocycles. The van der Waals surface area contributed by atoms with Gasteiger partial charge in [-0.05, 0) is 44.4 Å². The van der Waals surface area contributed by atoms with Gasteiger partial charge in [-0.1, -0.05) is 6.07 Å². The number of nitrogens with one attached hydrogen (secondary N) is 1. The number of carbonyl (C=O) groups is 2. The van der Waals surface area contributed by atoms with Crippen LogP contribution in [0.1, 0.15) is 25.3 Å². The molecule has 5 heteroatoms. The number of rotatable bonds is 5. The molecule has 0 saturated heterocycles. The third-order valence-electron chi connectivity index (χ3n) is 3.62. The van der Waals surface area contributed by atoms with Crippen LogP contribution in [0, 0.1) is 18.8 Å². The summed E-state index contributed by atoms with van der Waals surface area (Å²) in [6, 6.07) is 5.52. The Kier molecular flexibility index (Phi) is 4.27. The van der Waals surface area contributed by atoms with E-state index in [1.807, 2.05) is 26.0 Å². The number of ether oxygens (including phenoxy) is 1. The van der Waals surface area contributed by atoms with Crippen LogP contribution in [0.15, 0.2) is 18.2 Å². The summed E-state index contributed by atoms with van der Waals surface area (Å²) in [6.45, 7) is 4.33. The zero-order valence-electron chi connectivity index (χ0n) is 11.7. The molecule has 0 aromatic heterocycles. The van der Waals surface area contributed by atoms with Crippen molar-refractivity contribution in [2.75, 3.05) is 11.9 Å². The number of aliphatic carboxylic acids is 1. The Bertz CT molecular complexity index is 527. The Labute approximate surface area is 117 Å². The SMILES string of the molecule is CCOc1cc(C)ccc1NC(=O)C1CCC1C(=O)O. The summed E-state index contributed by atoms with van der Waals surface area (Å²) in [6.07, 6.45) is 1.19. The normalized spacial score (nSPS) is 20.9. The fraction of sp³-hybridized carbons (Fsp3) is 0.467. The number of hydrogen-bond acceptors (Lipinski definition) is 3. The first-order valence-corrected chi connectivity index (χ1v) is 6.80. The van der Waals surface area contributed by atoms with Gasteiger partial charge in [0.2, 0.25) is 5.91 Å². The zero-order chi connectivity index (χ0) is 14.7. The zero-order valence-corrected chi connectivity index (χ0v) is 11.7. The summed E-state index contributed by atoms with van der Waals surface area (Å²) in [5, 5.41) is 11.8. The third kappa shape index (κ3) is 2.92. The minimum Gasteiger partial charge on any atom is -0.492 e. The minimum atomic E-state index is -0.898. The molecule has 2 N–H and O–H groups in total. The number of hydrogen-bond donors (Lipinski definition) is 2. The van der Waals surface area contributed by atoms with E-state index in [0.29, 0.717) is 30.9 Å². The van der Waals surface area contributed by atoms with Crippen LogP contribution in [0.2, 0.25) is 0 Å². The Morgan fingerprint density at radius 1 is 1.35 bits per heavy atom. The van der Waals surface area contributed by atoms with Crippen molar-refractivity contribution in [3.8, 4) is 5.75 Å². The second kappa shape index (κ2) is 5.94. The predicted octanol–water partition coefficient (Wildman–Crippen LogP) is 2.44. The smallest absolute Gasteiger partial charge is 0.307 e. The lowest BCUT2D eigenvalue weighted by Gasteiger charge is -2.32. The fourth-order valence-electron chi connectivity index (χ4n) is 2.34. The van der Waals surface area contributed by atoms with E-state index in [1.165, 1.54) is 0 Å². The standard InChI is InChI=1S/C15H19NO4/c1-3-20-13-8-9(2)4-7-12(13)16-14(17)10-5-6-11(10)15(18)19/h4,7-8,10-11H,3,5-6H2,1-2H3,(H,16,17)(H,18,19). The van der Waals surface area contributed by atoms with Gasteiger partial charge in [0, 0.05) is 0 Å². The summed E-state index contributed by atoms with van der Waals surface area (Å²) in [5.41, 5.74) is 1.64. The van der Waals surface area contributed by atoms with Crippen molar-refractivity contribution >= 4 is 17.6 Å². The molecule has 0 heterocycles. The van der Waals surface area contributed by atoms with Gasteiger partial charge >= 0.3 is 5.97 Å². The maximum Gasteiger partial charge on any atom is 0.307 e. The van der Waals surface area contributed by atoms with E-state index in [0.717, 1.165) is 5.56 Å². The largest absolute Gasteiger partial charge is 0.492 e. The molecule has 1 aliphatic carbocycles. The van der Waals surface area contributed by atoms with Gasteiger partial charge in [-0.15, -0.1) is 0 Å². The monoisotopic (exact) mass is 277 g/mol. The first-order chi connectivity index (χ1) is 9.52. The molecule has 1 aliphatic rings. The van der Waals surface area contributed by atoms with E-state index in [9.17, 15) is 9.59 Å². The van der Waals surface area contributed by atoms with E-state index < -0.39 is 17.8 Å². The van der Waals surface area contributed by atoms with Crippen LogP contribution in [-0.2, 0) is 9.59 Å². The average molecular weight is 277 g/mol. The summed E-state index contributed by atoms with van der Waals surface area (Å²) in [7, 11) is 0. The molecule has 1 aromatic rings. The Morgan fingerprint density at radius 2 is 2.05 bits per heavy atom. The fourth-order valence-corrected chi connectivity index (χ4v) is 2.34. The topological polar surface area (TPSA) is 75.6 Å². The van der Waals surface area contributed by atoms with Crippen molar-refractivity contribution in [1.29, 1.82) is 0 Å². The van der Waals surface area contributed by atoms with E-state index in [-0.39, 0.29) is 5.91 Å². The van der Waals surface area contributed by atoms with Crippen molar-refractivity contribution in [1.82, 2.24) is 0 Å². The highest BCUT2D eigenvalue weighted by atomic mass is 16.5. The van der Waals surface area contributed by atoms with Crippen molar-refractivity contribution in [2.45, 2.75) is 26.7 Å². The molecule has 1 aromatic carbocycles. The van der Waals surface area contributed by atoms with Gasteiger partial charge in [-0.3, -0.25) is 9.59 Å². The third-order valence-corrected chi connectivity index (χ3v) is 3.62. The highest BCUT2D eigenvalue weighted by Gasteiger charge is 2.41. The highest BCUT2D eigenvalue weighted by molar-refractivity contribution is 5.97. The lowest BCUT2D eigenvalue weighted by atomic mass is 9.73. The highest BCUT2D eigenvalue weighted by Crippen LogP contribution is 2.36. The van der Waals surface area contributed by atoms with E-state index >= 15 is 0 Å². The van der Waals surface area contributed by atoms with Crippen LogP contribution in [0.25, 0.3) is 0 Å². The number of benzene rings is 1. The van der Waals surface area contributed by atoms with E-state index in [4.69, 9.17) is 9.84 Å². The molecule has 0 aliphatic heterocycles. The Morgan fingerprint density at radius 3 is 2.60 bits per heavy atom. The minimum absolute atomic E-state index is 0.242. The van der Waals surface area contributed by atoms with Gasteiger partial charge in [0.15, 0.2) is 0 Å². The molecule has 1 fully saturated rings. The molecular weight excluding hydrogens is 258 g/mol. The molecule has 1 amide bonds. The molecule has 0 spiro atoms. The molecule has 2 atom stereocenters. The second-order valence-electron chi connectivity index (χ2n) is 5.05. The van der Waals surface area contributed by atoms with Crippen molar-refractivity contribution in [2.24, 2.45) is 11.8 Å². The molecule has 0 bridgehead atoms. The number of aryl methyl sites for hydroxylation is 1. The number of anilines is 1. The number of carboxylic acids is 1. The molecular formula is C15H19NO4. The molecule has 108 valence electrons. The first-order valence-electron chi connectivity index (χ1n) is 6.80. The van der Waals surface area contributed by atoms with Crippen LogP contribution in [0.3, 0.4) is 0 Å². The molecule has 2 unspecified atom stereocenters. The second-order valence-corrected chi connectivity index (χ2v) is 5.05. The van der Waals surface area contributed by atoms with Crippen LogP contribution in [-0.4, -0.2) is 23.6 Å². The molecule has 2 rings (SSSR count). The van der Waals surface area contributed by atoms with Gasteiger partial charge in [-0.25, -0.2) is 0 Å². The summed E-state index contributed by atoms with van der Waals surface area (Å²) < 4.78 is 5.49. The maximum absolute atomic E-state index is 12.1. The first kappa shape index (κ1) is 14.4. The van der Waals surface area contributed by atoms with E-state index in [1.54, 1.807) is 6.07 Å². The van der Waals surface area contributed by atoms with Crippen molar-refractivity contribution in [3.63, 3.8) is 0 Å². The Balaban J connectivity index is 2.10. The Hall–Kier alpha value is -2.04. The van der Waals surface area contributed by atoms with E-state index in [2.05, 4.69) is 5.32 Å². The van der Waals surface area contributed by atoms with Crippen LogP contribution in [0.4, 0.5) is 5.69 Å². The van der Waals surface area contributed by atoms with Gasteiger partial charge in [0.1, 0.15) is 5.75 Å². The van der Waals surface area contributed by atoms with Crippen LogP contribution in [0.5, 0.6) is 5.75 Å². The number of amides is 1. The van der Waals surface area contributed by atoms with Gasteiger partial charge in [0.25, 0.3) is 0 Å². The van der Waals surface area contributed by atoms with Crippen LogP contribution >= 0.6 is 0 Å². The summed E-state index contributed by atoms with van der Waals surface area (Å²) in [5.74, 6) is -1.52. The van der Waals surface area contributed by atoms with Gasteiger partial charge < -0.3 is 15.2 Å². The van der Waals surface area contributed by atoms with Crippen molar-refractivity contribution < 1.29 is 19.4 Å². The van der Waals surface area contributed by atoms with Crippen LogP contribution < -0.4 is 10.1 Å². The maximum atomic E-state index is 12.1. The van der Waals surface area contributed by atoms with Crippen molar-refractivity contribution in [3.05, 3.63) is 23.8 Å². The predicted molar refractivity (Wildman–Crippen MR) is 74.8 cm³/mol. The van der Waals surface area contributed by atoms with Gasteiger partial charge in [0.05, 0.1) is 24.1 Å². The molecule has 0 radical (unpaired) electrons. The number of carbonyl (C=O) groups excluding carboxylic acids is 1. The lowest BCUT2D eigenvalue weighted by molar-refractivity contribution is -0.151. The molecule has 5 nitrogen and oxygen atoms in total. The summed E-state index contributed by atoms with van der Waals surface area (Å²) >= 11 is 0. The van der Waals surface area contributed by atoms with Gasteiger partial charge in [-0.2, -0.15) is 0 Å². The average Bonchev–Trinajstić information content (AvgIpc) is 2.30. The number of carboxylic acid groups (broad SMARTS) is 1. The lowest BCUT2D eigenvalue weighted by Crippen LogP contribution is -2.41. The quantitative estimate of drug-likeness (QED) is 0.866. The molecule has 20 heavy (non-hydrogen) atoms.